The molecule has 1 aromatic heterocycles. The maximum absolute atomic E-state index is 10.8. The number of carbonyl (C=O) groups excluding carboxylic acids is 1. The van der Waals surface area contributed by atoms with E-state index in [0.717, 1.165) is 31.9 Å². The Morgan fingerprint density at radius 1 is 1.17 bits per heavy atom. The normalized spacial score (nSPS) is 15.3. The molecule has 0 amide bonds. The molecule has 1 aromatic rings. The average Bonchev–Trinajstić information content (AvgIpc) is 2.30. The van der Waals surface area contributed by atoms with Crippen LogP contribution in [0.4, 0.5) is 5.69 Å². The molecular formula is C11H17Cl2N3O2. The molecule has 0 unspecified atom stereocenters. The lowest BCUT2D eigenvalue weighted by molar-refractivity contribution is -0.188. The number of halogens is 2. The molecule has 1 fully saturated rings. The molecule has 0 N–H and O–H groups in total. The molecule has 18 heavy (non-hydrogen) atoms. The van der Waals surface area contributed by atoms with Crippen LogP contribution in [0, 0.1) is 0 Å². The third-order valence-electron chi connectivity index (χ3n) is 2.52. The molecule has 0 aromatic carbocycles. The first-order chi connectivity index (χ1) is 7.75. The summed E-state index contributed by atoms with van der Waals surface area (Å²) in [5.74, 6) is -0.252. The molecule has 7 heteroatoms. The minimum Gasteiger partial charge on any atom is -0.369 e. The Labute approximate surface area is 119 Å². The monoisotopic (exact) mass is 293 g/mol. The number of hydroxylamine groups is 2. The van der Waals surface area contributed by atoms with Crippen molar-refractivity contribution in [2.45, 2.75) is 6.92 Å². The first-order valence-corrected chi connectivity index (χ1v) is 5.34. The van der Waals surface area contributed by atoms with E-state index in [4.69, 9.17) is 4.84 Å². The van der Waals surface area contributed by atoms with Crippen molar-refractivity contribution in [3.8, 4) is 0 Å². The average molecular weight is 294 g/mol. The van der Waals surface area contributed by atoms with Gasteiger partial charge in [0.25, 0.3) is 0 Å². The summed E-state index contributed by atoms with van der Waals surface area (Å²) in [6.07, 6.45) is 3.57. The van der Waals surface area contributed by atoms with Crippen LogP contribution >= 0.6 is 24.8 Å². The van der Waals surface area contributed by atoms with E-state index < -0.39 is 0 Å². The third kappa shape index (κ3) is 4.68. The fourth-order valence-corrected chi connectivity index (χ4v) is 1.77. The zero-order chi connectivity index (χ0) is 11.4. The van der Waals surface area contributed by atoms with Crippen molar-refractivity contribution in [3.05, 3.63) is 24.5 Å². The summed E-state index contributed by atoms with van der Waals surface area (Å²) in [6, 6.07) is 3.98. The van der Waals surface area contributed by atoms with Gasteiger partial charge in [0.15, 0.2) is 0 Å². The predicted molar refractivity (Wildman–Crippen MR) is 74.3 cm³/mol. The minimum atomic E-state index is -0.252. The van der Waals surface area contributed by atoms with Crippen LogP contribution < -0.4 is 4.90 Å². The number of rotatable bonds is 2. The molecule has 0 spiro atoms. The van der Waals surface area contributed by atoms with E-state index in [1.807, 2.05) is 12.1 Å². The van der Waals surface area contributed by atoms with Crippen molar-refractivity contribution < 1.29 is 9.63 Å². The third-order valence-corrected chi connectivity index (χ3v) is 2.52. The summed E-state index contributed by atoms with van der Waals surface area (Å²) in [7, 11) is 0. The molecule has 2 rings (SSSR count). The van der Waals surface area contributed by atoms with Gasteiger partial charge in [0.1, 0.15) is 0 Å². The van der Waals surface area contributed by atoms with Crippen LogP contribution in [0.1, 0.15) is 6.92 Å². The van der Waals surface area contributed by atoms with E-state index in [1.165, 1.54) is 6.92 Å². The molecule has 5 nitrogen and oxygen atoms in total. The second-order valence-electron chi connectivity index (χ2n) is 3.70. The lowest BCUT2D eigenvalue weighted by Gasteiger charge is -2.34. The standard InChI is InChI=1S/C11H15N3O2.2ClH/c1-10(15)16-14-8-6-13(7-9-14)11-2-4-12-5-3-11;;/h2-5H,6-9H2,1H3;2*1H. The van der Waals surface area contributed by atoms with Gasteiger partial charge in [-0.25, -0.2) is 0 Å². The summed E-state index contributed by atoms with van der Waals surface area (Å²) >= 11 is 0. The summed E-state index contributed by atoms with van der Waals surface area (Å²) in [6.45, 7) is 4.62. The van der Waals surface area contributed by atoms with Crippen molar-refractivity contribution in [2.24, 2.45) is 0 Å². The number of hydrogen-bond donors (Lipinski definition) is 0. The minimum absolute atomic E-state index is 0. The molecule has 0 bridgehead atoms. The number of anilines is 1. The Morgan fingerprint density at radius 2 is 1.72 bits per heavy atom. The number of pyridine rings is 1. The highest BCUT2D eigenvalue weighted by Crippen LogP contribution is 2.14. The number of carbonyl (C=O) groups is 1. The van der Waals surface area contributed by atoms with Gasteiger partial charge in [0.05, 0.1) is 13.1 Å². The summed E-state index contributed by atoms with van der Waals surface area (Å²) in [5.41, 5.74) is 1.16. The largest absolute Gasteiger partial charge is 0.369 e. The summed E-state index contributed by atoms with van der Waals surface area (Å²) < 4.78 is 0. The predicted octanol–water partition coefficient (Wildman–Crippen LogP) is 1.53. The van der Waals surface area contributed by atoms with Crippen molar-refractivity contribution in [1.82, 2.24) is 10.0 Å². The second kappa shape index (κ2) is 8.13. The van der Waals surface area contributed by atoms with Crippen LogP contribution in [0.3, 0.4) is 0 Å². The van der Waals surface area contributed by atoms with Gasteiger partial charge in [-0.1, -0.05) is 0 Å². The lowest BCUT2D eigenvalue weighted by Crippen LogP contribution is -2.46. The SMILES string of the molecule is CC(=O)ON1CCN(c2ccncc2)CC1.Cl.Cl. The Kier molecular flexibility index (Phi) is 7.66. The van der Waals surface area contributed by atoms with Crippen LogP contribution in [0.5, 0.6) is 0 Å². The van der Waals surface area contributed by atoms with E-state index in [9.17, 15) is 4.79 Å². The lowest BCUT2D eigenvalue weighted by atomic mass is 10.3. The van der Waals surface area contributed by atoms with Gasteiger partial charge in [-0.3, -0.25) is 9.78 Å². The Hall–Kier alpha value is -1.04. The van der Waals surface area contributed by atoms with Crippen molar-refractivity contribution in [1.29, 1.82) is 0 Å². The Balaban J connectivity index is 0.00000144. The first kappa shape index (κ1) is 17.0. The van der Waals surface area contributed by atoms with Gasteiger partial charge in [0, 0.05) is 38.1 Å². The maximum Gasteiger partial charge on any atom is 0.322 e. The second-order valence-corrected chi connectivity index (χ2v) is 3.70. The highest BCUT2D eigenvalue weighted by Gasteiger charge is 2.18. The van der Waals surface area contributed by atoms with Crippen LogP contribution in [-0.4, -0.2) is 42.2 Å². The smallest absolute Gasteiger partial charge is 0.322 e. The number of aromatic nitrogens is 1. The van der Waals surface area contributed by atoms with Crippen LogP contribution in [0.15, 0.2) is 24.5 Å². The van der Waals surface area contributed by atoms with Crippen molar-refractivity contribution in [2.75, 3.05) is 31.1 Å². The van der Waals surface area contributed by atoms with E-state index in [0.29, 0.717) is 0 Å². The molecule has 0 atom stereocenters. The van der Waals surface area contributed by atoms with Crippen LogP contribution in [0.2, 0.25) is 0 Å². The van der Waals surface area contributed by atoms with E-state index >= 15 is 0 Å². The highest BCUT2D eigenvalue weighted by atomic mass is 35.5. The van der Waals surface area contributed by atoms with Gasteiger partial charge < -0.3 is 9.74 Å². The number of nitrogens with zero attached hydrogens (tertiary/aromatic N) is 3. The highest BCUT2D eigenvalue weighted by molar-refractivity contribution is 5.85. The van der Waals surface area contributed by atoms with Crippen molar-refractivity contribution >= 4 is 36.5 Å². The molecule has 0 radical (unpaired) electrons. The van der Waals surface area contributed by atoms with Gasteiger partial charge in [-0.2, -0.15) is 0 Å². The van der Waals surface area contributed by atoms with Gasteiger partial charge in [-0.05, 0) is 12.1 Å². The van der Waals surface area contributed by atoms with Crippen LogP contribution in [0.25, 0.3) is 0 Å². The van der Waals surface area contributed by atoms with Crippen molar-refractivity contribution in [3.63, 3.8) is 0 Å². The summed E-state index contributed by atoms with van der Waals surface area (Å²) in [4.78, 5) is 22.0. The fraction of sp³-hybridized carbons (Fsp3) is 0.455. The first-order valence-electron chi connectivity index (χ1n) is 5.34. The molecule has 102 valence electrons. The van der Waals surface area contributed by atoms with E-state index in [1.54, 1.807) is 17.5 Å². The summed E-state index contributed by atoms with van der Waals surface area (Å²) in [5, 5.41) is 1.71. The molecule has 1 aliphatic heterocycles. The Bertz CT molecular complexity index is 357. The van der Waals surface area contributed by atoms with Gasteiger partial charge >= 0.3 is 5.97 Å². The number of piperazine rings is 1. The molecule has 1 saturated heterocycles. The zero-order valence-corrected chi connectivity index (χ0v) is 11.7. The molecule has 0 aliphatic carbocycles. The maximum atomic E-state index is 10.8. The molecule has 0 saturated carbocycles. The fourth-order valence-electron chi connectivity index (χ4n) is 1.77. The zero-order valence-electron chi connectivity index (χ0n) is 10.1. The topological polar surface area (TPSA) is 45.7 Å². The van der Waals surface area contributed by atoms with Crippen LogP contribution in [-0.2, 0) is 9.63 Å². The van der Waals surface area contributed by atoms with E-state index in [2.05, 4.69) is 9.88 Å². The van der Waals surface area contributed by atoms with Gasteiger partial charge in [-0.15, -0.1) is 29.9 Å². The molecule has 1 aliphatic rings. The van der Waals surface area contributed by atoms with Gasteiger partial charge in [0.2, 0.25) is 0 Å². The number of hydrogen-bond acceptors (Lipinski definition) is 5. The quantitative estimate of drug-likeness (QED) is 0.827. The molecule has 2 heterocycles. The molecular weight excluding hydrogens is 277 g/mol. The Morgan fingerprint density at radius 3 is 2.22 bits per heavy atom. The van der Waals surface area contributed by atoms with E-state index in [-0.39, 0.29) is 30.8 Å².